The average molecular weight is 314 g/mol. The van der Waals surface area contributed by atoms with Crippen LogP contribution < -0.4 is 34.3 Å². The van der Waals surface area contributed by atoms with E-state index in [1.807, 2.05) is 7.05 Å². The Hall–Kier alpha value is 0.550. The number of hydrogen-bond acceptors (Lipinski definition) is 1. The summed E-state index contributed by atoms with van der Waals surface area (Å²) < 4.78 is 0. The summed E-state index contributed by atoms with van der Waals surface area (Å²) in [6.45, 7) is 0. The van der Waals surface area contributed by atoms with E-state index in [-0.39, 0.29) is 24.0 Å². The molecule has 0 saturated heterocycles. The maximum absolute atomic E-state index is 3.52. The highest BCUT2D eigenvalue weighted by Crippen LogP contribution is 2.17. The fourth-order valence-electron chi connectivity index (χ4n) is 1.67. The van der Waals surface area contributed by atoms with E-state index in [9.17, 15) is 0 Å². The third kappa shape index (κ3) is 5.10. The van der Waals surface area contributed by atoms with Gasteiger partial charge in [0.2, 0.25) is 0 Å². The van der Waals surface area contributed by atoms with Gasteiger partial charge < -0.3 is 24.0 Å². The normalized spacial score (nSPS) is 19.4. The highest BCUT2D eigenvalue weighted by molar-refractivity contribution is 8.12. The molecule has 2 nitrogen and oxygen atoms in total. The molecular formula is C9H19IN2S. The van der Waals surface area contributed by atoms with E-state index >= 15 is 0 Å². The van der Waals surface area contributed by atoms with Crippen LogP contribution >= 0.6 is 11.8 Å². The molecular weight excluding hydrogens is 295 g/mol. The fourth-order valence-corrected chi connectivity index (χ4v) is 2.15. The molecule has 0 spiro atoms. The second-order valence-electron chi connectivity index (χ2n) is 3.26. The lowest BCUT2D eigenvalue weighted by molar-refractivity contribution is -0.419. The molecule has 0 aliphatic heterocycles. The van der Waals surface area contributed by atoms with E-state index in [1.54, 1.807) is 11.8 Å². The third-order valence-corrected chi connectivity index (χ3v) is 3.10. The Bertz CT molecular complexity index is 156. The predicted molar refractivity (Wildman–Crippen MR) is 55.4 cm³/mol. The van der Waals surface area contributed by atoms with Crippen molar-refractivity contribution >= 4 is 16.9 Å². The molecule has 1 saturated carbocycles. The molecule has 0 aromatic carbocycles. The predicted octanol–water partition coefficient (Wildman–Crippen LogP) is -2.66. The van der Waals surface area contributed by atoms with Gasteiger partial charge in [0.25, 0.3) is 0 Å². The molecule has 0 unspecified atom stereocenters. The summed E-state index contributed by atoms with van der Waals surface area (Å²) in [4.78, 5) is 3.17. The maximum atomic E-state index is 3.52. The van der Waals surface area contributed by atoms with Crippen molar-refractivity contribution in [2.45, 2.75) is 38.1 Å². The lowest BCUT2D eigenvalue weighted by Gasteiger charge is -2.18. The minimum Gasteiger partial charge on any atom is -1.00 e. The molecule has 0 heterocycles. The standard InChI is InChI=1S/C9H18N2S.HI/c1-10-9(12-2)11-8-6-4-3-5-7-8;/h8H,3-7H2,1-2H3,(H,10,11);1H. The van der Waals surface area contributed by atoms with Gasteiger partial charge >= 0.3 is 5.17 Å². The highest BCUT2D eigenvalue weighted by atomic mass is 127. The molecule has 13 heavy (non-hydrogen) atoms. The molecule has 4 heteroatoms. The van der Waals surface area contributed by atoms with Gasteiger partial charge in [-0.25, -0.2) is 0 Å². The summed E-state index contributed by atoms with van der Waals surface area (Å²) in [5, 5.41) is 4.73. The van der Waals surface area contributed by atoms with Gasteiger partial charge in [0, 0.05) is 0 Å². The Labute approximate surface area is 102 Å². The van der Waals surface area contributed by atoms with Crippen LogP contribution in [0, 0.1) is 0 Å². The first kappa shape index (κ1) is 13.5. The second-order valence-corrected chi connectivity index (χ2v) is 4.08. The van der Waals surface area contributed by atoms with Gasteiger partial charge in [-0.1, -0.05) is 6.42 Å². The zero-order valence-corrected chi connectivity index (χ0v) is 11.4. The topological polar surface area (TPSA) is 26.0 Å². The van der Waals surface area contributed by atoms with Crippen LogP contribution in [0.3, 0.4) is 0 Å². The van der Waals surface area contributed by atoms with Gasteiger partial charge in [0.15, 0.2) is 0 Å². The molecule has 1 rings (SSSR count). The molecule has 0 bridgehead atoms. The summed E-state index contributed by atoms with van der Waals surface area (Å²) in [5.74, 6) is 0. The van der Waals surface area contributed by atoms with Crippen LogP contribution in [-0.2, 0) is 0 Å². The van der Waals surface area contributed by atoms with E-state index in [0.717, 1.165) is 0 Å². The van der Waals surface area contributed by atoms with E-state index in [0.29, 0.717) is 6.04 Å². The quantitative estimate of drug-likeness (QED) is 0.314. The van der Waals surface area contributed by atoms with Gasteiger partial charge in [-0.2, -0.15) is 0 Å². The number of nitrogens with one attached hydrogen (secondary N) is 2. The molecule has 1 aliphatic carbocycles. The van der Waals surface area contributed by atoms with Gasteiger partial charge in [-0.15, -0.1) is 0 Å². The SMILES string of the molecule is C[NH+]=C(NC1CCCCC1)SC.[I-]. The Morgan fingerprint density at radius 3 is 2.38 bits per heavy atom. The third-order valence-electron chi connectivity index (χ3n) is 2.37. The largest absolute Gasteiger partial charge is 1.00 e. The summed E-state index contributed by atoms with van der Waals surface area (Å²) in [6.07, 6.45) is 8.98. The van der Waals surface area contributed by atoms with E-state index < -0.39 is 0 Å². The van der Waals surface area contributed by atoms with Crippen molar-refractivity contribution in [3.63, 3.8) is 0 Å². The zero-order valence-electron chi connectivity index (χ0n) is 8.40. The molecule has 0 aromatic rings. The Balaban J connectivity index is 0.00000144. The molecule has 0 atom stereocenters. The van der Waals surface area contributed by atoms with Crippen LogP contribution in [0.4, 0.5) is 0 Å². The summed E-state index contributed by atoms with van der Waals surface area (Å²) >= 11 is 1.76. The number of halogens is 1. The van der Waals surface area contributed by atoms with E-state index in [2.05, 4.69) is 16.6 Å². The molecule has 2 N–H and O–H groups in total. The summed E-state index contributed by atoms with van der Waals surface area (Å²) in [5.41, 5.74) is 0. The molecule has 1 aliphatic rings. The van der Waals surface area contributed by atoms with Crippen LogP contribution in [0.2, 0.25) is 0 Å². The maximum Gasteiger partial charge on any atom is 0.303 e. The fraction of sp³-hybridized carbons (Fsp3) is 0.889. The Morgan fingerprint density at radius 2 is 1.92 bits per heavy atom. The summed E-state index contributed by atoms with van der Waals surface area (Å²) in [7, 11) is 1.97. The van der Waals surface area contributed by atoms with Crippen molar-refractivity contribution in [3.05, 3.63) is 0 Å². The van der Waals surface area contributed by atoms with Crippen molar-refractivity contribution < 1.29 is 29.0 Å². The number of amidine groups is 1. The Kier molecular flexibility index (Phi) is 8.24. The molecule has 0 aromatic heterocycles. The van der Waals surface area contributed by atoms with Crippen molar-refractivity contribution in [3.8, 4) is 0 Å². The number of rotatable bonds is 1. The van der Waals surface area contributed by atoms with Gasteiger partial charge in [0.1, 0.15) is 0 Å². The zero-order chi connectivity index (χ0) is 8.81. The van der Waals surface area contributed by atoms with E-state index in [1.165, 1.54) is 37.3 Å². The Morgan fingerprint density at radius 1 is 1.31 bits per heavy atom. The first-order valence-electron chi connectivity index (χ1n) is 4.72. The second kappa shape index (κ2) is 7.91. The van der Waals surface area contributed by atoms with Gasteiger partial charge in [-0.05, 0) is 43.7 Å². The highest BCUT2D eigenvalue weighted by Gasteiger charge is 2.18. The summed E-state index contributed by atoms with van der Waals surface area (Å²) in [6, 6.07) is 0.716. The lowest BCUT2D eigenvalue weighted by atomic mass is 9.96. The molecule has 78 valence electrons. The van der Waals surface area contributed by atoms with Crippen LogP contribution in [0.25, 0.3) is 0 Å². The first-order valence-corrected chi connectivity index (χ1v) is 5.94. The minimum atomic E-state index is 0. The monoisotopic (exact) mass is 314 g/mol. The van der Waals surface area contributed by atoms with Crippen LogP contribution in [0.5, 0.6) is 0 Å². The molecule has 1 fully saturated rings. The van der Waals surface area contributed by atoms with Crippen molar-refractivity contribution in [2.75, 3.05) is 13.3 Å². The van der Waals surface area contributed by atoms with Crippen molar-refractivity contribution in [1.82, 2.24) is 5.32 Å². The number of thioether (sulfide) groups is 1. The van der Waals surface area contributed by atoms with Crippen LogP contribution in [0.15, 0.2) is 0 Å². The minimum absolute atomic E-state index is 0. The average Bonchev–Trinajstić information content (AvgIpc) is 2.16. The van der Waals surface area contributed by atoms with Gasteiger partial charge in [0.05, 0.1) is 13.1 Å². The molecule has 0 amide bonds. The smallest absolute Gasteiger partial charge is 0.303 e. The number of hydrogen-bond donors (Lipinski definition) is 2. The van der Waals surface area contributed by atoms with Crippen molar-refractivity contribution in [1.29, 1.82) is 0 Å². The lowest BCUT2D eigenvalue weighted by Crippen LogP contribution is -3.00. The van der Waals surface area contributed by atoms with E-state index in [4.69, 9.17) is 0 Å². The molecule has 0 radical (unpaired) electrons. The van der Waals surface area contributed by atoms with Crippen LogP contribution in [0.1, 0.15) is 32.1 Å². The van der Waals surface area contributed by atoms with Gasteiger partial charge in [-0.3, -0.25) is 10.3 Å². The van der Waals surface area contributed by atoms with Crippen molar-refractivity contribution in [2.24, 2.45) is 0 Å². The van der Waals surface area contributed by atoms with Crippen LogP contribution in [-0.4, -0.2) is 24.5 Å². The first-order chi connectivity index (χ1) is 5.86.